The van der Waals surface area contributed by atoms with Crippen LogP contribution in [-0.2, 0) is 24.0 Å². The fraction of sp³-hybridized carbons (Fsp3) is 0.160. The number of hydrogen-bond acceptors (Lipinski definition) is 7. The van der Waals surface area contributed by atoms with Crippen molar-refractivity contribution < 1.29 is 23.2 Å². The first-order chi connectivity index (χ1) is 16.6. The van der Waals surface area contributed by atoms with Gasteiger partial charge >= 0.3 is 0 Å². The van der Waals surface area contributed by atoms with Gasteiger partial charge in [0, 0.05) is 17.8 Å². The summed E-state index contributed by atoms with van der Waals surface area (Å²) in [6, 6.07) is 15.7. The highest BCUT2D eigenvalue weighted by atomic mass is 32.2. The highest BCUT2D eigenvalue weighted by molar-refractivity contribution is 7.86. The van der Waals surface area contributed by atoms with E-state index in [0.29, 0.717) is 33.2 Å². The summed E-state index contributed by atoms with van der Waals surface area (Å²) in [5.41, 5.74) is 3.08. The summed E-state index contributed by atoms with van der Waals surface area (Å²) in [5, 5.41) is 14.1. The van der Waals surface area contributed by atoms with E-state index in [9.17, 15) is 14.1 Å². The smallest absolute Gasteiger partial charge is 0.235 e. The van der Waals surface area contributed by atoms with Crippen LogP contribution in [0.4, 0.5) is 5.69 Å². The van der Waals surface area contributed by atoms with E-state index >= 15 is 0 Å². The van der Waals surface area contributed by atoms with Gasteiger partial charge in [-0.25, -0.2) is 4.21 Å². The van der Waals surface area contributed by atoms with Crippen molar-refractivity contribution in [3.63, 3.8) is 0 Å². The van der Waals surface area contributed by atoms with E-state index in [1.807, 2.05) is 18.2 Å². The SMILES string of the molecule is O=c1c(O)c(-c2ccc3c(c2)OCO3)oc2ccc(NS(=O)c3ccc4c(c3)CNCC4)cc12. The van der Waals surface area contributed by atoms with E-state index in [1.165, 1.54) is 11.6 Å². The molecule has 172 valence electrons. The van der Waals surface area contributed by atoms with Crippen molar-refractivity contribution in [3.8, 4) is 28.6 Å². The van der Waals surface area contributed by atoms with Crippen molar-refractivity contribution in [3.05, 3.63) is 75.9 Å². The van der Waals surface area contributed by atoms with Gasteiger partial charge in [-0.3, -0.25) is 4.79 Å². The Bertz CT molecular complexity index is 1530. The Morgan fingerprint density at radius 2 is 1.85 bits per heavy atom. The fourth-order valence-corrected chi connectivity index (χ4v) is 5.12. The molecule has 2 aliphatic rings. The number of aromatic hydroxyl groups is 1. The summed E-state index contributed by atoms with van der Waals surface area (Å²) in [6.45, 7) is 1.81. The maximum absolute atomic E-state index is 12.9. The second-order valence-corrected chi connectivity index (χ2v) is 9.33. The van der Waals surface area contributed by atoms with E-state index in [4.69, 9.17) is 13.9 Å². The standard InChI is InChI=1S/C25H20N2O6S/c28-23-19-11-17(27-34(30)18-4-1-14-7-8-26-12-16(14)9-18)3-6-20(19)33-25(24(23)29)15-2-5-21-22(10-15)32-13-31-21/h1-6,9-11,26-27,29H,7-8,12-13H2. The Labute approximate surface area is 196 Å². The minimum atomic E-state index is -1.52. The molecule has 34 heavy (non-hydrogen) atoms. The zero-order valence-corrected chi connectivity index (χ0v) is 18.7. The lowest BCUT2D eigenvalue weighted by Crippen LogP contribution is -2.23. The molecule has 3 heterocycles. The summed E-state index contributed by atoms with van der Waals surface area (Å²) in [4.78, 5) is 13.6. The van der Waals surface area contributed by atoms with Crippen LogP contribution in [0.25, 0.3) is 22.3 Å². The summed E-state index contributed by atoms with van der Waals surface area (Å²) in [7, 11) is -1.52. The molecular weight excluding hydrogens is 456 g/mol. The number of nitrogens with one attached hydrogen (secondary N) is 2. The predicted molar refractivity (Wildman–Crippen MR) is 128 cm³/mol. The highest BCUT2D eigenvalue weighted by Gasteiger charge is 2.20. The van der Waals surface area contributed by atoms with Crippen molar-refractivity contribution in [2.45, 2.75) is 17.9 Å². The Morgan fingerprint density at radius 1 is 0.971 bits per heavy atom. The maximum Gasteiger partial charge on any atom is 0.235 e. The Balaban J connectivity index is 1.32. The lowest BCUT2D eigenvalue weighted by Gasteiger charge is -2.17. The first kappa shape index (κ1) is 20.8. The van der Waals surface area contributed by atoms with Crippen LogP contribution < -0.4 is 24.9 Å². The molecule has 3 aromatic carbocycles. The van der Waals surface area contributed by atoms with Gasteiger partial charge in [0.25, 0.3) is 0 Å². The molecule has 1 atom stereocenters. The van der Waals surface area contributed by atoms with Crippen LogP contribution in [0.5, 0.6) is 17.2 Å². The highest BCUT2D eigenvalue weighted by Crippen LogP contribution is 2.38. The molecule has 0 saturated heterocycles. The van der Waals surface area contributed by atoms with Crippen molar-refractivity contribution >= 4 is 27.6 Å². The molecule has 3 N–H and O–H groups in total. The molecule has 1 aromatic heterocycles. The molecule has 1 unspecified atom stereocenters. The summed E-state index contributed by atoms with van der Waals surface area (Å²) in [6.07, 6.45) is 0.952. The third-order valence-corrected chi connectivity index (χ3v) is 7.09. The van der Waals surface area contributed by atoms with Crippen molar-refractivity contribution in [2.24, 2.45) is 0 Å². The van der Waals surface area contributed by atoms with E-state index in [0.717, 1.165) is 25.1 Å². The van der Waals surface area contributed by atoms with Crippen molar-refractivity contribution in [2.75, 3.05) is 18.1 Å². The Morgan fingerprint density at radius 3 is 2.76 bits per heavy atom. The molecule has 2 aliphatic heterocycles. The molecule has 8 nitrogen and oxygen atoms in total. The van der Waals surface area contributed by atoms with Gasteiger partial charge in [0.05, 0.1) is 10.3 Å². The van der Waals surface area contributed by atoms with Crippen molar-refractivity contribution in [1.29, 1.82) is 0 Å². The zero-order valence-electron chi connectivity index (χ0n) is 17.9. The number of rotatable bonds is 4. The average molecular weight is 477 g/mol. The van der Waals surface area contributed by atoms with Gasteiger partial charge in [0.2, 0.25) is 18.0 Å². The molecule has 9 heteroatoms. The largest absolute Gasteiger partial charge is 0.502 e. The van der Waals surface area contributed by atoms with Gasteiger partial charge in [-0.05, 0) is 72.6 Å². The molecule has 0 bridgehead atoms. The lowest BCUT2D eigenvalue weighted by molar-refractivity contribution is 0.174. The molecular formula is C25H20N2O6S. The number of hydrogen-bond donors (Lipinski definition) is 3. The minimum absolute atomic E-state index is 0.0442. The zero-order chi connectivity index (χ0) is 23.2. The number of fused-ring (bicyclic) bond motifs is 3. The van der Waals surface area contributed by atoms with Crippen LogP contribution >= 0.6 is 0 Å². The van der Waals surface area contributed by atoms with Crippen LogP contribution in [0.15, 0.2) is 68.7 Å². The van der Waals surface area contributed by atoms with Crippen LogP contribution in [0.3, 0.4) is 0 Å². The topological polar surface area (TPSA) is 110 Å². The van der Waals surface area contributed by atoms with Gasteiger partial charge in [0.1, 0.15) is 16.6 Å². The maximum atomic E-state index is 12.9. The number of benzene rings is 3. The van der Waals surface area contributed by atoms with Crippen LogP contribution in [0.1, 0.15) is 11.1 Å². The quantitative estimate of drug-likeness (QED) is 0.412. The third-order valence-electron chi connectivity index (χ3n) is 5.99. The van der Waals surface area contributed by atoms with Gasteiger partial charge in [-0.15, -0.1) is 0 Å². The van der Waals surface area contributed by atoms with E-state index < -0.39 is 22.2 Å². The summed E-state index contributed by atoms with van der Waals surface area (Å²) in [5.74, 6) is 0.638. The minimum Gasteiger partial charge on any atom is -0.502 e. The first-order valence-corrected chi connectivity index (χ1v) is 11.9. The molecule has 0 fully saturated rings. The van der Waals surface area contributed by atoms with Gasteiger partial charge in [0.15, 0.2) is 17.3 Å². The summed E-state index contributed by atoms with van der Waals surface area (Å²) < 4.78 is 32.4. The van der Waals surface area contributed by atoms with Gasteiger partial charge < -0.3 is 29.0 Å². The van der Waals surface area contributed by atoms with E-state index in [2.05, 4.69) is 10.0 Å². The Hall–Kier alpha value is -3.82. The average Bonchev–Trinajstić information content (AvgIpc) is 3.34. The van der Waals surface area contributed by atoms with Gasteiger partial charge in [-0.1, -0.05) is 6.07 Å². The second kappa shape index (κ2) is 8.19. The molecule has 0 aliphatic carbocycles. The molecule has 0 amide bonds. The van der Waals surface area contributed by atoms with Crippen LogP contribution in [-0.4, -0.2) is 22.7 Å². The van der Waals surface area contributed by atoms with E-state index in [1.54, 1.807) is 30.3 Å². The molecule has 4 aromatic rings. The predicted octanol–water partition coefficient (Wildman–Crippen LogP) is 3.67. The molecule has 0 saturated carbocycles. The third kappa shape index (κ3) is 3.59. The Kier molecular flexibility index (Phi) is 5.00. The second-order valence-electron chi connectivity index (χ2n) is 8.12. The number of anilines is 1. The first-order valence-electron chi connectivity index (χ1n) is 10.8. The van der Waals surface area contributed by atoms with E-state index in [-0.39, 0.29) is 17.9 Å². The van der Waals surface area contributed by atoms with Crippen LogP contribution in [0, 0.1) is 0 Å². The normalized spacial score (nSPS) is 15.2. The van der Waals surface area contributed by atoms with Crippen LogP contribution in [0.2, 0.25) is 0 Å². The monoisotopic (exact) mass is 476 g/mol. The number of ether oxygens (including phenoxy) is 2. The fourth-order valence-electron chi connectivity index (χ4n) is 4.22. The van der Waals surface area contributed by atoms with Crippen molar-refractivity contribution in [1.82, 2.24) is 5.32 Å². The van der Waals surface area contributed by atoms with Gasteiger partial charge in [-0.2, -0.15) is 0 Å². The molecule has 0 radical (unpaired) electrons. The lowest BCUT2D eigenvalue weighted by atomic mass is 10.0. The molecule has 6 rings (SSSR count). The summed E-state index contributed by atoms with van der Waals surface area (Å²) >= 11 is 0. The molecule has 0 spiro atoms.